The predicted octanol–water partition coefficient (Wildman–Crippen LogP) is 3.19. The minimum absolute atomic E-state index is 0.192. The number of hydrogen-bond donors (Lipinski definition) is 1. The highest BCUT2D eigenvalue weighted by molar-refractivity contribution is 6.28. The molecule has 84 valence electrons. The van der Waals surface area contributed by atoms with Crippen LogP contribution in [0.15, 0.2) is 18.2 Å². The van der Waals surface area contributed by atoms with Gasteiger partial charge in [-0.25, -0.2) is 9.97 Å². The first-order chi connectivity index (χ1) is 7.56. The Hall–Kier alpha value is -1.35. The Kier molecular flexibility index (Phi) is 2.97. The van der Waals surface area contributed by atoms with Gasteiger partial charge in [0, 0.05) is 11.5 Å². The van der Waals surface area contributed by atoms with Gasteiger partial charge in [-0.3, -0.25) is 0 Å². The van der Waals surface area contributed by atoms with Crippen LogP contribution in [-0.2, 0) is 6.42 Å². The first-order valence-electron chi connectivity index (χ1n) is 5.21. The van der Waals surface area contributed by atoms with Crippen LogP contribution in [0, 0.1) is 5.92 Å². The predicted molar refractivity (Wildman–Crippen MR) is 64.8 cm³/mol. The van der Waals surface area contributed by atoms with Crippen molar-refractivity contribution in [2.75, 3.05) is 0 Å². The summed E-state index contributed by atoms with van der Waals surface area (Å²) >= 11 is 5.86. The second kappa shape index (κ2) is 4.26. The molecule has 2 aromatic rings. The Morgan fingerprint density at radius 2 is 2.06 bits per heavy atom. The van der Waals surface area contributed by atoms with Crippen molar-refractivity contribution in [1.82, 2.24) is 9.97 Å². The largest absolute Gasteiger partial charge is 0.508 e. The second-order valence-corrected chi connectivity index (χ2v) is 4.58. The average molecular weight is 237 g/mol. The summed E-state index contributed by atoms with van der Waals surface area (Å²) in [6, 6.07) is 5.08. The molecule has 0 atom stereocenters. The number of rotatable bonds is 2. The van der Waals surface area contributed by atoms with Crippen molar-refractivity contribution < 1.29 is 5.11 Å². The van der Waals surface area contributed by atoms with Crippen LogP contribution in [0.2, 0.25) is 5.28 Å². The number of fused-ring (bicyclic) bond motifs is 1. The lowest BCUT2D eigenvalue weighted by atomic mass is 10.0. The lowest BCUT2D eigenvalue weighted by Crippen LogP contribution is -2.00. The maximum atomic E-state index is 9.39. The van der Waals surface area contributed by atoms with E-state index in [1.54, 1.807) is 12.1 Å². The molecule has 0 amide bonds. The third kappa shape index (κ3) is 2.25. The van der Waals surface area contributed by atoms with E-state index in [2.05, 4.69) is 23.8 Å². The van der Waals surface area contributed by atoms with E-state index in [-0.39, 0.29) is 11.0 Å². The molecule has 0 fully saturated rings. The lowest BCUT2D eigenvalue weighted by Gasteiger charge is -2.08. The smallest absolute Gasteiger partial charge is 0.223 e. The number of aromatic hydroxyl groups is 1. The Morgan fingerprint density at radius 3 is 2.75 bits per heavy atom. The van der Waals surface area contributed by atoms with Gasteiger partial charge in [0.05, 0.1) is 11.2 Å². The lowest BCUT2D eigenvalue weighted by molar-refractivity contribution is 0.476. The van der Waals surface area contributed by atoms with E-state index in [1.807, 2.05) is 6.07 Å². The number of benzene rings is 1. The van der Waals surface area contributed by atoms with Gasteiger partial charge < -0.3 is 5.11 Å². The van der Waals surface area contributed by atoms with Crippen LogP contribution in [0.5, 0.6) is 5.75 Å². The molecule has 0 aliphatic carbocycles. The zero-order chi connectivity index (χ0) is 11.7. The Balaban J connectivity index is 2.63. The van der Waals surface area contributed by atoms with E-state index >= 15 is 0 Å². The molecule has 0 bridgehead atoms. The molecule has 1 N–H and O–H groups in total. The third-order valence-electron chi connectivity index (χ3n) is 2.33. The normalized spacial score (nSPS) is 11.2. The van der Waals surface area contributed by atoms with Crippen LogP contribution in [0.4, 0.5) is 0 Å². The molecular weight excluding hydrogens is 224 g/mol. The van der Waals surface area contributed by atoms with E-state index in [0.29, 0.717) is 11.4 Å². The summed E-state index contributed by atoms with van der Waals surface area (Å²) in [5, 5.41) is 10.6. The van der Waals surface area contributed by atoms with Crippen LogP contribution in [-0.4, -0.2) is 15.1 Å². The standard InChI is InChI=1S/C12H13ClN2O/c1-7(2)5-10-9-4-3-8(16)6-11(9)15-12(13)14-10/h3-4,6-7,16H,5H2,1-2H3. The molecule has 0 saturated carbocycles. The van der Waals surface area contributed by atoms with Gasteiger partial charge in [-0.15, -0.1) is 0 Å². The molecule has 0 aliphatic heterocycles. The molecule has 4 heteroatoms. The third-order valence-corrected chi connectivity index (χ3v) is 2.50. The van der Waals surface area contributed by atoms with Crippen molar-refractivity contribution in [2.24, 2.45) is 5.92 Å². The van der Waals surface area contributed by atoms with Crippen molar-refractivity contribution in [3.8, 4) is 5.75 Å². The zero-order valence-corrected chi connectivity index (χ0v) is 9.99. The van der Waals surface area contributed by atoms with Gasteiger partial charge in [0.15, 0.2) is 0 Å². The molecule has 1 aromatic carbocycles. The van der Waals surface area contributed by atoms with Gasteiger partial charge >= 0.3 is 0 Å². The molecule has 2 rings (SSSR count). The topological polar surface area (TPSA) is 46.0 Å². The molecular formula is C12H13ClN2O. The fraction of sp³-hybridized carbons (Fsp3) is 0.333. The summed E-state index contributed by atoms with van der Waals surface area (Å²) in [4.78, 5) is 8.34. The van der Waals surface area contributed by atoms with E-state index in [9.17, 15) is 5.11 Å². The van der Waals surface area contributed by atoms with Gasteiger partial charge in [0.2, 0.25) is 5.28 Å². The van der Waals surface area contributed by atoms with Crippen LogP contribution in [0.3, 0.4) is 0 Å². The molecule has 16 heavy (non-hydrogen) atoms. The first-order valence-corrected chi connectivity index (χ1v) is 5.59. The average Bonchev–Trinajstić information content (AvgIpc) is 2.15. The van der Waals surface area contributed by atoms with E-state index < -0.39 is 0 Å². The van der Waals surface area contributed by atoms with Crippen molar-refractivity contribution in [3.63, 3.8) is 0 Å². The molecule has 1 heterocycles. The number of nitrogens with zero attached hydrogens (tertiary/aromatic N) is 2. The van der Waals surface area contributed by atoms with Crippen LogP contribution >= 0.6 is 11.6 Å². The minimum Gasteiger partial charge on any atom is -0.508 e. The van der Waals surface area contributed by atoms with Gasteiger partial charge in [-0.1, -0.05) is 13.8 Å². The number of phenols is 1. The summed E-state index contributed by atoms with van der Waals surface area (Å²) in [6.07, 6.45) is 0.851. The molecule has 0 unspecified atom stereocenters. The number of phenolic OH excluding ortho intramolecular Hbond substituents is 1. The van der Waals surface area contributed by atoms with Gasteiger partial charge in [-0.05, 0) is 36.1 Å². The number of aromatic nitrogens is 2. The summed E-state index contributed by atoms with van der Waals surface area (Å²) in [7, 11) is 0. The number of hydrogen-bond acceptors (Lipinski definition) is 3. The van der Waals surface area contributed by atoms with E-state index in [0.717, 1.165) is 17.5 Å². The molecule has 0 spiro atoms. The number of halogens is 1. The van der Waals surface area contributed by atoms with Gasteiger partial charge in [0.1, 0.15) is 5.75 Å². The Morgan fingerprint density at radius 1 is 1.31 bits per heavy atom. The molecule has 0 aliphatic rings. The van der Waals surface area contributed by atoms with Gasteiger partial charge in [0.25, 0.3) is 0 Å². The highest BCUT2D eigenvalue weighted by atomic mass is 35.5. The van der Waals surface area contributed by atoms with Crippen LogP contribution in [0.1, 0.15) is 19.5 Å². The first kappa shape index (κ1) is 11.1. The van der Waals surface area contributed by atoms with Gasteiger partial charge in [-0.2, -0.15) is 0 Å². The van der Waals surface area contributed by atoms with Crippen LogP contribution in [0.25, 0.3) is 10.9 Å². The zero-order valence-electron chi connectivity index (χ0n) is 9.24. The fourth-order valence-electron chi connectivity index (χ4n) is 1.69. The Bertz CT molecular complexity index is 520. The van der Waals surface area contributed by atoms with E-state index in [4.69, 9.17) is 11.6 Å². The van der Waals surface area contributed by atoms with Crippen LogP contribution < -0.4 is 0 Å². The van der Waals surface area contributed by atoms with E-state index in [1.165, 1.54) is 0 Å². The maximum Gasteiger partial charge on any atom is 0.223 e. The summed E-state index contributed by atoms with van der Waals surface area (Å²) in [5.41, 5.74) is 1.63. The second-order valence-electron chi connectivity index (χ2n) is 4.24. The molecule has 0 radical (unpaired) electrons. The molecule has 1 aromatic heterocycles. The van der Waals surface area contributed by atoms with Crippen molar-refractivity contribution in [2.45, 2.75) is 20.3 Å². The maximum absolute atomic E-state index is 9.39. The highest BCUT2D eigenvalue weighted by Gasteiger charge is 2.08. The monoisotopic (exact) mass is 236 g/mol. The fourth-order valence-corrected chi connectivity index (χ4v) is 1.89. The highest BCUT2D eigenvalue weighted by Crippen LogP contribution is 2.23. The SMILES string of the molecule is CC(C)Cc1nc(Cl)nc2cc(O)ccc12. The minimum atomic E-state index is 0.192. The van der Waals surface area contributed by atoms with Crippen molar-refractivity contribution >= 4 is 22.5 Å². The quantitative estimate of drug-likeness (QED) is 0.815. The van der Waals surface area contributed by atoms with Crippen molar-refractivity contribution in [3.05, 3.63) is 29.2 Å². The summed E-state index contributed by atoms with van der Waals surface area (Å²) in [5.74, 6) is 0.695. The summed E-state index contributed by atoms with van der Waals surface area (Å²) in [6.45, 7) is 4.25. The molecule has 0 saturated heterocycles. The van der Waals surface area contributed by atoms with Crippen molar-refractivity contribution in [1.29, 1.82) is 0 Å². The molecule has 3 nitrogen and oxygen atoms in total. The Labute approximate surface area is 99.1 Å². The summed E-state index contributed by atoms with van der Waals surface area (Å²) < 4.78 is 0.